The fourth-order valence-electron chi connectivity index (χ4n) is 1.76. The third kappa shape index (κ3) is 2.99. The van der Waals surface area contributed by atoms with Crippen molar-refractivity contribution in [2.45, 2.75) is 37.1 Å². The Morgan fingerprint density at radius 2 is 1.94 bits per heavy atom. The van der Waals surface area contributed by atoms with Gasteiger partial charge in [-0.2, -0.15) is 0 Å². The summed E-state index contributed by atoms with van der Waals surface area (Å²) in [6.45, 7) is 7.13. The van der Waals surface area contributed by atoms with Crippen molar-refractivity contribution in [2.75, 3.05) is 0 Å². The average molecular weight is 246 g/mol. The molecule has 0 fully saturated rings. The van der Waals surface area contributed by atoms with Crippen molar-refractivity contribution in [3.05, 3.63) is 35.9 Å². The molecule has 3 heteroatoms. The minimum atomic E-state index is 0.168. The Kier molecular flexibility index (Phi) is 3.40. The molecular weight excluding hydrogens is 228 g/mol. The molecule has 0 bridgehead atoms. The lowest BCUT2D eigenvalue weighted by molar-refractivity contribution is 0.799. The Morgan fingerprint density at radius 3 is 2.59 bits per heavy atom. The van der Waals surface area contributed by atoms with Gasteiger partial charge in [-0.15, -0.1) is 11.8 Å². The lowest BCUT2D eigenvalue weighted by atomic mass is 10.1. The second kappa shape index (κ2) is 4.67. The summed E-state index contributed by atoms with van der Waals surface area (Å²) >= 11 is 1.78. The highest BCUT2D eigenvalue weighted by Gasteiger charge is 2.14. The molecule has 1 aromatic carbocycles. The van der Waals surface area contributed by atoms with Crippen LogP contribution in [0.15, 0.2) is 35.4 Å². The molecule has 0 unspecified atom stereocenters. The SMILES string of the molecule is CC(C)(C)Sc1cc(CN)c2ccccc2n1. The number of hydrogen-bond donors (Lipinski definition) is 1. The van der Waals surface area contributed by atoms with Crippen molar-refractivity contribution in [1.82, 2.24) is 4.98 Å². The van der Waals surface area contributed by atoms with Crippen LogP contribution in [0.2, 0.25) is 0 Å². The monoisotopic (exact) mass is 246 g/mol. The van der Waals surface area contributed by atoms with Gasteiger partial charge in [-0.1, -0.05) is 39.0 Å². The van der Waals surface area contributed by atoms with E-state index in [0.29, 0.717) is 6.54 Å². The topological polar surface area (TPSA) is 38.9 Å². The van der Waals surface area contributed by atoms with E-state index in [1.54, 1.807) is 11.8 Å². The molecule has 0 amide bonds. The molecule has 0 aliphatic heterocycles. The van der Waals surface area contributed by atoms with Crippen LogP contribution in [0.25, 0.3) is 10.9 Å². The zero-order chi connectivity index (χ0) is 12.5. The molecule has 2 nitrogen and oxygen atoms in total. The molecule has 1 heterocycles. The standard InChI is InChI=1S/C14H18N2S/c1-14(2,3)17-13-8-10(9-15)11-6-4-5-7-12(11)16-13/h4-8H,9,15H2,1-3H3. The van der Waals surface area contributed by atoms with Crippen LogP contribution in [0.4, 0.5) is 0 Å². The molecule has 0 aliphatic rings. The van der Waals surface area contributed by atoms with E-state index in [4.69, 9.17) is 5.73 Å². The number of para-hydroxylation sites is 1. The molecule has 0 saturated heterocycles. The minimum Gasteiger partial charge on any atom is -0.326 e. The van der Waals surface area contributed by atoms with Crippen molar-refractivity contribution in [2.24, 2.45) is 5.73 Å². The van der Waals surface area contributed by atoms with Gasteiger partial charge >= 0.3 is 0 Å². The zero-order valence-electron chi connectivity index (χ0n) is 10.5. The highest BCUT2D eigenvalue weighted by Crippen LogP contribution is 2.32. The predicted molar refractivity (Wildman–Crippen MR) is 75.2 cm³/mol. The molecule has 2 aromatic rings. The lowest BCUT2D eigenvalue weighted by Gasteiger charge is -2.17. The first-order valence-electron chi connectivity index (χ1n) is 5.77. The predicted octanol–water partition coefficient (Wildman–Crippen LogP) is 3.58. The Hall–Kier alpha value is -1.06. The van der Waals surface area contributed by atoms with Crippen LogP contribution in [0, 0.1) is 0 Å². The second-order valence-corrected chi connectivity index (χ2v) is 6.90. The summed E-state index contributed by atoms with van der Waals surface area (Å²) < 4.78 is 0.168. The minimum absolute atomic E-state index is 0.168. The van der Waals surface area contributed by atoms with Crippen LogP contribution >= 0.6 is 11.8 Å². The number of rotatable bonds is 2. The van der Waals surface area contributed by atoms with Crippen LogP contribution in [0.5, 0.6) is 0 Å². The van der Waals surface area contributed by atoms with Gasteiger partial charge in [-0.05, 0) is 17.7 Å². The number of aromatic nitrogens is 1. The summed E-state index contributed by atoms with van der Waals surface area (Å²) in [5, 5.41) is 2.21. The van der Waals surface area contributed by atoms with E-state index < -0.39 is 0 Å². The summed E-state index contributed by atoms with van der Waals surface area (Å²) in [5.41, 5.74) is 8.01. The van der Waals surface area contributed by atoms with E-state index in [-0.39, 0.29) is 4.75 Å². The van der Waals surface area contributed by atoms with Crippen LogP contribution < -0.4 is 5.73 Å². The van der Waals surface area contributed by atoms with Gasteiger partial charge in [0, 0.05) is 16.7 Å². The number of fused-ring (bicyclic) bond motifs is 1. The molecule has 0 radical (unpaired) electrons. The molecule has 0 spiro atoms. The number of benzene rings is 1. The normalized spacial score (nSPS) is 12.0. The van der Waals surface area contributed by atoms with Gasteiger partial charge in [0.15, 0.2) is 0 Å². The average Bonchev–Trinajstić information content (AvgIpc) is 2.25. The molecule has 90 valence electrons. The van der Waals surface area contributed by atoms with Crippen molar-refractivity contribution in [3.8, 4) is 0 Å². The van der Waals surface area contributed by atoms with Crippen molar-refractivity contribution >= 4 is 22.7 Å². The molecule has 0 aliphatic carbocycles. The van der Waals surface area contributed by atoms with E-state index in [1.807, 2.05) is 18.2 Å². The summed E-state index contributed by atoms with van der Waals surface area (Å²) in [4.78, 5) is 4.68. The molecule has 0 atom stereocenters. The molecule has 17 heavy (non-hydrogen) atoms. The molecule has 2 rings (SSSR count). The van der Waals surface area contributed by atoms with Crippen LogP contribution in [0.3, 0.4) is 0 Å². The van der Waals surface area contributed by atoms with Crippen LogP contribution in [-0.4, -0.2) is 9.73 Å². The Labute approximate surface area is 107 Å². The van der Waals surface area contributed by atoms with E-state index in [0.717, 1.165) is 15.9 Å². The van der Waals surface area contributed by atoms with Gasteiger partial charge in [0.25, 0.3) is 0 Å². The van der Waals surface area contributed by atoms with E-state index >= 15 is 0 Å². The van der Waals surface area contributed by atoms with Gasteiger partial charge in [-0.25, -0.2) is 4.98 Å². The van der Waals surface area contributed by atoms with Gasteiger partial charge in [0.05, 0.1) is 10.5 Å². The third-order valence-electron chi connectivity index (χ3n) is 2.41. The zero-order valence-corrected chi connectivity index (χ0v) is 11.3. The first kappa shape index (κ1) is 12.4. The number of hydrogen-bond acceptors (Lipinski definition) is 3. The van der Waals surface area contributed by atoms with Crippen molar-refractivity contribution < 1.29 is 0 Å². The van der Waals surface area contributed by atoms with Crippen LogP contribution in [0.1, 0.15) is 26.3 Å². The molecule has 1 aromatic heterocycles. The van der Waals surface area contributed by atoms with E-state index in [2.05, 4.69) is 37.9 Å². The largest absolute Gasteiger partial charge is 0.326 e. The first-order valence-corrected chi connectivity index (χ1v) is 6.59. The van der Waals surface area contributed by atoms with Crippen molar-refractivity contribution in [3.63, 3.8) is 0 Å². The maximum absolute atomic E-state index is 5.81. The number of nitrogens with zero attached hydrogens (tertiary/aromatic N) is 1. The fraction of sp³-hybridized carbons (Fsp3) is 0.357. The Balaban J connectivity index is 2.53. The highest BCUT2D eigenvalue weighted by molar-refractivity contribution is 8.00. The summed E-state index contributed by atoms with van der Waals surface area (Å²) in [6.07, 6.45) is 0. The smallest absolute Gasteiger partial charge is 0.0975 e. The second-order valence-electron chi connectivity index (χ2n) is 5.06. The summed E-state index contributed by atoms with van der Waals surface area (Å²) in [5.74, 6) is 0. The van der Waals surface area contributed by atoms with E-state index in [1.165, 1.54) is 5.56 Å². The number of pyridine rings is 1. The maximum Gasteiger partial charge on any atom is 0.0975 e. The molecular formula is C14H18N2S. The molecule has 0 saturated carbocycles. The van der Waals surface area contributed by atoms with Gasteiger partial charge in [0.2, 0.25) is 0 Å². The molecule has 2 N–H and O–H groups in total. The first-order chi connectivity index (χ1) is 7.99. The van der Waals surface area contributed by atoms with Crippen LogP contribution in [-0.2, 0) is 6.54 Å². The summed E-state index contributed by atoms with van der Waals surface area (Å²) in [6, 6.07) is 10.3. The fourth-order valence-corrected chi connectivity index (χ4v) is 2.73. The van der Waals surface area contributed by atoms with Gasteiger partial charge in [0.1, 0.15) is 0 Å². The van der Waals surface area contributed by atoms with Gasteiger partial charge < -0.3 is 5.73 Å². The lowest BCUT2D eigenvalue weighted by Crippen LogP contribution is -2.08. The van der Waals surface area contributed by atoms with Gasteiger partial charge in [-0.3, -0.25) is 0 Å². The highest BCUT2D eigenvalue weighted by atomic mass is 32.2. The third-order valence-corrected chi connectivity index (χ3v) is 3.44. The Bertz CT molecular complexity index is 529. The quantitative estimate of drug-likeness (QED) is 0.823. The van der Waals surface area contributed by atoms with Crippen molar-refractivity contribution in [1.29, 1.82) is 0 Å². The summed E-state index contributed by atoms with van der Waals surface area (Å²) in [7, 11) is 0. The maximum atomic E-state index is 5.81. The number of thioether (sulfide) groups is 1. The van der Waals surface area contributed by atoms with E-state index in [9.17, 15) is 0 Å². The number of nitrogens with two attached hydrogens (primary N) is 1. The Morgan fingerprint density at radius 1 is 1.24 bits per heavy atom.